The van der Waals surface area contributed by atoms with E-state index in [1.54, 1.807) is 13.2 Å². The van der Waals surface area contributed by atoms with Crippen LogP contribution in [0.3, 0.4) is 0 Å². The van der Waals surface area contributed by atoms with E-state index < -0.39 is 5.82 Å². The molecule has 4 N–H and O–H groups in total. The lowest BCUT2D eigenvalue weighted by Gasteiger charge is -2.15. The molecule has 1 amide bonds. The van der Waals surface area contributed by atoms with Gasteiger partial charge in [-0.25, -0.2) is 4.39 Å². The standard InChI is InChI=1S/C21H26FN3O4/c1-27-8-3-9-29-19-10-14(5-7-20(26)25-21(23)24)4-6-18(19)15-11-16(22)13-17(12-15)28-2/h4,6,10-13H,3,5,7-9H2,1-2H3,(H4,23,24,25,26). The summed E-state index contributed by atoms with van der Waals surface area (Å²) >= 11 is 0. The Bertz CT molecular complexity index is 858. The van der Waals surface area contributed by atoms with Gasteiger partial charge < -0.3 is 19.9 Å². The van der Waals surface area contributed by atoms with Gasteiger partial charge in [-0.2, -0.15) is 0 Å². The van der Waals surface area contributed by atoms with Crippen molar-refractivity contribution in [3.05, 3.63) is 47.8 Å². The Morgan fingerprint density at radius 1 is 1.17 bits per heavy atom. The Balaban J connectivity index is 2.26. The molecule has 8 heteroatoms. The Kier molecular flexibility index (Phi) is 8.42. The number of nitrogens with one attached hydrogen (secondary N) is 2. The SMILES string of the molecule is COCCCOc1cc(CCC(=O)NC(=N)N)ccc1-c1cc(F)cc(OC)c1. The average Bonchev–Trinajstić information content (AvgIpc) is 2.68. The van der Waals surface area contributed by atoms with Crippen molar-refractivity contribution in [3.8, 4) is 22.6 Å². The van der Waals surface area contributed by atoms with E-state index in [4.69, 9.17) is 25.4 Å². The maximum Gasteiger partial charge on any atom is 0.226 e. The Hall–Kier alpha value is -3.13. The van der Waals surface area contributed by atoms with E-state index in [1.807, 2.05) is 18.2 Å². The van der Waals surface area contributed by atoms with Crippen LogP contribution in [0.5, 0.6) is 11.5 Å². The number of benzene rings is 2. The molecule has 0 saturated heterocycles. The van der Waals surface area contributed by atoms with Crippen LogP contribution in [0.4, 0.5) is 4.39 Å². The molecule has 0 aromatic heterocycles. The van der Waals surface area contributed by atoms with Gasteiger partial charge in [0.15, 0.2) is 5.96 Å². The predicted molar refractivity (Wildman–Crippen MR) is 109 cm³/mol. The molecule has 0 aliphatic heterocycles. The summed E-state index contributed by atoms with van der Waals surface area (Å²) in [5, 5.41) is 9.35. The minimum atomic E-state index is -0.408. The Morgan fingerprint density at radius 2 is 1.97 bits per heavy atom. The van der Waals surface area contributed by atoms with Gasteiger partial charge in [-0.3, -0.25) is 15.5 Å². The summed E-state index contributed by atoms with van der Waals surface area (Å²) in [6, 6.07) is 9.99. The van der Waals surface area contributed by atoms with Crippen LogP contribution in [0.1, 0.15) is 18.4 Å². The maximum atomic E-state index is 14.0. The van der Waals surface area contributed by atoms with E-state index in [2.05, 4.69) is 5.32 Å². The topological polar surface area (TPSA) is 107 Å². The van der Waals surface area contributed by atoms with Crippen molar-refractivity contribution < 1.29 is 23.4 Å². The van der Waals surface area contributed by atoms with Crippen molar-refractivity contribution >= 4 is 11.9 Å². The lowest BCUT2D eigenvalue weighted by atomic mass is 10.00. The molecular formula is C21H26FN3O4. The first-order valence-corrected chi connectivity index (χ1v) is 9.16. The highest BCUT2D eigenvalue weighted by Gasteiger charge is 2.12. The number of nitrogens with two attached hydrogens (primary N) is 1. The predicted octanol–water partition coefficient (Wildman–Crippen LogP) is 2.86. The zero-order chi connectivity index (χ0) is 21.2. The molecule has 0 aliphatic rings. The van der Waals surface area contributed by atoms with Gasteiger partial charge in [0.2, 0.25) is 5.91 Å². The van der Waals surface area contributed by atoms with E-state index in [9.17, 15) is 9.18 Å². The first kappa shape index (κ1) is 22.2. The van der Waals surface area contributed by atoms with Gasteiger partial charge >= 0.3 is 0 Å². The molecule has 7 nitrogen and oxygen atoms in total. The van der Waals surface area contributed by atoms with Gasteiger partial charge in [0.05, 0.1) is 13.7 Å². The molecule has 2 aromatic carbocycles. The van der Waals surface area contributed by atoms with E-state index in [0.717, 1.165) is 11.1 Å². The second kappa shape index (κ2) is 11.0. The highest BCUT2D eigenvalue weighted by Crippen LogP contribution is 2.34. The van der Waals surface area contributed by atoms with Gasteiger partial charge in [0.1, 0.15) is 17.3 Å². The number of rotatable bonds is 10. The lowest BCUT2D eigenvalue weighted by Crippen LogP contribution is -2.35. The highest BCUT2D eigenvalue weighted by molar-refractivity contribution is 5.94. The monoisotopic (exact) mass is 403 g/mol. The molecule has 0 unspecified atom stereocenters. The number of carbonyl (C=O) groups is 1. The van der Waals surface area contributed by atoms with Crippen molar-refractivity contribution in [2.45, 2.75) is 19.3 Å². The second-order valence-corrected chi connectivity index (χ2v) is 6.37. The summed E-state index contributed by atoms with van der Waals surface area (Å²) in [6.45, 7) is 0.996. The van der Waals surface area contributed by atoms with E-state index >= 15 is 0 Å². The molecule has 0 radical (unpaired) electrons. The maximum absolute atomic E-state index is 14.0. The normalized spacial score (nSPS) is 10.4. The molecule has 2 rings (SSSR count). The summed E-state index contributed by atoms with van der Waals surface area (Å²) in [6.07, 6.45) is 1.32. The van der Waals surface area contributed by atoms with Gasteiger partial charge in [0.25, 0.3) is 0 Å². The van der Waals surface area contributed by atoms with Gasteiger partial charge in [-0.05, 0) is 35.7 Å². The number of guanidine groups is 1. The molecule has 2 aromatic rings. The summed E-state index contributed by atoms with van der Waals surface area (Å²) in [5.41, 5.74) is 7.39. The third kappa shape index (κ3) is 7.08. The first-order chi connectivity index (χ1) is 13.9. The number of carbonyl (C=O) groups excluding carboxylic acids is 1. The van der Waals surface area contributed by atoms with Crippen molar-refractivity contribution in [1.82, 2.24) is 5.32 Å². The molecule has 0 aliphatic carbocycles. The molecule has 0 heterocycles. The summed E-state index contributed by atoms with van der Waals surface area (Å²) in [5.74, 6) is -0.130. The third-order valence-electron chi connectivity index (χ3n) is 4.13. The second-order valence-electron chi connectivity index (χ2n) is 6.37. The Morgan fingerprint density at radius 3 is 2.66 bits per heavy atom. The Labute approximate surface area is 169 Å². The summed E-state index contributed by atoms with van der Waals surface area (Å²) in [7, 11) is 3.10. The fourth-order valence-corrected chi connectivity index (χ4v) is 2.77. The van der Waals surface area contributed by atoms with Crippen LogP contribution in [-0.4, -0.2) is 39.3 Å². The molecule has 0 fully saturated rings. The van der Waals surface area contributed by atoms with Crippen LogP contribution in [0.2, 0.25) is 0 Å². The lowest BCUT2D eigenvalue weighted by molar-refractivity contribution is -0.119. The molecule has 0 saturated carbocycles. The number of halogens is 1. The van der Waals surface area contributed by atoms with E-state index in [0.29, 0.717) is 43.1 Å². The van der Waals surface area contributed by atoms with Crippen molar-refractivity contribution in [1.29, 1.82) is 5.41 Å². The smallest absolute Gasteiger partial charge is 0.226 e. The molecule has 156 valence electrons. The molecule has 0 bridgehead atoms. The van der Waals surface area contributed by atoms with E-state index in [1.165, 1.54) is 19.2 Å². The van der Waals surface area contributed by atoms with E-state index in [-0.39, 0.29) is 18.3 Å². The number of amides is 1. The quantitative estimate of drug-likeness (QED) is 0.321. The van der Waals surface area contributed by atoms with Crippen LogP contribution in [0.25, 0.3) is 11.1 Å². The molecular weight excluding hydrogens is 377 g/mol. The molecule has 0 spiro atoms. The molecule has 29 heavy (non-hydrogen) atoms. The number of hydrogen-bond acceptors (Lipinski definition) is 5. The van der Waals surface area contributed by atoms with Crippen LogP contribution in [0, 0.1) is 11.2 Å². The number of hydrogen-bond donors (Lipinski definition) is 3. The fourth-order valence-electron chi connectivity index (χ4n) is 2.77. The van der Waals surface area contributed by atoms with Crippen LogP contribution in [0.15, 0.2) is 36.4 Å². The van der Waals surface area contributed by atoms with Crippen LogP contribution in [-0.2, 0) is 16.0 Å². The van der Waals surface area contributed by atoms with Crippen LogP contribution >= 0.6 is 0 Å². The number of aryl methyl sites for hydroxylation is 1. The van der Waals surface area contributed by atoms with Crippen LogP contribution < -0.4 is 20.5 Å². The molecule has 0 atom stereocenters. The third-order valence-corrected chi connectivity index (χ3v) is 4.13. The zero-order valence-corrected chi connectivity index (χ0v) is 16.6. The minimum absolute atomic E-state index is 0.176. The van der Waals surface area contributed by atoms with Gasteiger partial charge in [0, 0.05) is 38.2 Å². The summed E-state index contributed by atoms with van der Waals surface area (Å²) < 4.78 is 30.1. The van der Waals surface area contributed by atoms with Gasteiger partial charge in [-0.15, -0.1) is 0 Å². The minimum Gasteiger partial charge on any atom is -0.497 e. The fraction of sp³-hybridized carbons (Fsp3) is 0.333. The highest BCUT2D eigenvalue weighted by atomic mass is 19.1. The first-order valence-electron chi connectivity index (χ1n) is 9.16. The van der Waals surface area contributed by atoms with Crippen molar-refractivity contribution in [2.75, 3.05) is 27.4 Å². The largest absolute Gasteiger partial charge is 0.497 e. The zero-order valence-electron chi connectivity index (χ0n) is 16.6. The van der Waals surface area contributed by atoms with Crippen molar-refractivity contribution in [2.24, 2.45) is 5.73 Å². The summed E-state index contributed by atoms with van der Waals surface area (Å²) in [4.78, 5) is 11.7. The average molecular weight is 403 g/mol. The van der Waals surface area contributed by atoms with Gasteiger partial charge in [-0.1, -0.05) is 12.1 Å². The number of methoxy groups -OCH3 is 2. The van der Waals surface area contributed by atoms with Crippen molar-refractivity contribution in [3.63, 3.8) is 0 Å². The number of ether oxygens (including phenoxy) is 3.